The van der Waals surface area contributed by atoms with Crippen LogP contribution in [-0.2, 0) is 7.05 Å². The Labute approximate surface area is 65.4 Å². The van der Waals surface area contributed by atoms with Crippen LogP contribution in [0, 0.1) is 10.1 Å². The SMILES string of the molecule is Cn1[nH]cc([N+](=O)[O-])c(=O)c1=O. The van der Waals surface area contributed by atoms with E-state index in [1.165, 1.54) is 7.05 Å². The highest BCUT2D eigenvalue weighted by atomic mass is 16.6. The smallest absolute Gasteiger partial charge is 0.296 e. The van der Waals surface area contributed by atoms with Crippen molar-refractivity contribution in [2.24, 2.45) is 7.05 Å². The molecule has 0 fully saturated rings. The summed E-state index contributed by atoms with van der Waals surface area (Å²) in [6, 6.07) is 0. The van der Waals surface area contributed by atoms with Crippen molar-refractivity contribution in [1.29, 1.82) is 0 Å². The van der Waals surface area contributed by atoms with Gasteiger partial charge in [-0.1, -0.05) is 0 Å². The molecule has 0 aliphatic heterocycles. The van der Waals surface area contributed by atoms with E-state index in [1.807, 2.05) is 0 Å². The van der Waals surface area contributed by atoms with Gasteiger partial charge in [-0.2, -0.15) is 0 Å². The van der Waals surface area contributed by atoms with Crippen molar-refractivity contribution in [2.45, 2.75) is 0 Å². The Balaban J connectivity index is 3.59. The third-order valence-electron chi connectivity index (χ3n) is 1.32. The molecule has 7 nitrogen and oxygen atoms in total. The van der Waals surface area contributed by atoms with Gasteiger partial charge in [0.15, 0.2) is 0 Å². The fourth-order valence-electron chi connectivity index (χ4n) is 0.680. The first kappa shape index (κ1) is 8.18. The van der Waals surface area contributed by atoms with E-state index in [0.717, 1.165) is 10.9 Å². The van der Waals surface area contributed by atoms with Crippen LogP contribution in [0.4, 0.5) is 5.69 Å². The Morgan fingerprint density at radius 3 is 2.67 bits per heavy atom. The van der Waals surface area contributed by atoms with Gasteiger partial charge < -0.3 is 0 Å². The zero-order valence-corrected chi connectivity index (χ0v) is 6.10. The van der Waals surface area contributed by atoms with Gasteiger partial charge in [0.05, 0.1) is 4.92 Å². The fraction of sp³-hybridized carbons (Fsp3) is 0.200. The van der Waals surface area contributed by atoms with Crippen molar-refractivity contribution < 1.29 is 4.92 Å². The van der Waals surface area contributed by atoms with Gasteiger partial charge in [0.2, 0.25) is 0 Å². The monoisotopic (exact) mass is 171 g/mol. The number of aromatic amines is 1. The molecule has 1 aromatic heterocycles. The van der Waals surface area contributed by atoms with Gasteiger partial charge in [0.25, 0.3) is 0 Å². The van der Waals surface area contributed by atoms with Crippen molar-refractivity contribution >= 4 is 5.69 Å². The number of nitrogens with one attached hydrogen (secondary N) is 1. The minimum absolute atomic E-state index is 0.738. The average Bonchev–Trinajstić information content (AvgIpc) is 2.00. The molecule has 12 heavy (non-hydrogen) atoms. The van der Waals surface area contributed by atoms with Crippen molar-refractivity contribution in [3.8, 4) is 0 Å². The van der Waals surface area contributed by atoms with Crippen LogP contribution in [0.1, 0.15) is 0 Å². The third-order valence-corrected chi connectivity index (χ3v) is 1.32. The number of aryl methyl sites for hydroxylation is 1. The van der Waals surface area contributed by atoms with Gasteiger partial charge >= 0.3 is 16.7 Å². The summed E-state index contributed by atoms with van der Waals surface area (Å²) in [4.78, 5) is 30.9. The summed E-state index contributed by atoms with van der Waals surface area (Å²) < 4.78 is 0.870. The lowest BCUT2D eigenvalue weighted by Crippen LogP contribution is -2.35. The maximum absolute atomic E-state index is 10.8. The molecule has 1 heterocycles. The lowest BCUT2D eigenvalue weighted by atomic mass is 10.5. The van der Waals surface area contributed by atoms with Crippen LogP contribution in [0.3, 0.4) is 0 Å². The molecule has 0 atom stereocenters. The van der Waals surface area contributed by atoms with Crippen LogP contribution in [0.5, 0.6) is 0 Å². The zero-order valence-electron chi connectivity index (χ0n) is 6.10. The predicted octanol–water partition coefficient (Wildman–Crippen LogP) is -1.02. The molecular weight excluding hydrogens is 166 g/mol. The molecule has 1 aromatic rings. The number of aromatic nitrogens is 2. The summed E-state index contributed by atoms with van der Waals surface area (Å²) in [5, 5.41) is 12.4. The predicted molar refractivity (Wildman–Crippen MR) is 39.0 cm³/mol. The van der Waals surface area contributed by atoms with Crippen LogP contribution >= 0.6 is 0 Å². The van der Waals surface area contributed by atoms with Gasteiger partial charge in [0, 0.05) is 7.05 Å². The highest BCUT2D eigenvalue weighted by molar-refractivity contribution is 5.22. The van der Waals surface area contributed by atoms with Crippen LogP contribution < -0.4 is 11.0 Å². The van der Waals surface area contributed by atoms with Gasteiger partial charge in [0.1, 0.15) is 6.20 Å². The summed E-state index contributed by atoms with van der Waals surface area (Å²) in [5.41, 5.74) is -2.79. The second kappa shape index (κ2) is 2.61. The van der Waals surface area contributed by atoms with Gasteiger partial charge in [-0.25, -0.2) is 0 Å². The standard InChI is InChI=1S/C5H5N3O4/c1-7-5(10)4(9)3(2-6-7)8(11)12/h2,6H,1H3. The molecule has 0 aliphatic carbocycles. The summed E-state index contributed by atoms with van der Waals surface area (Å²) in [6.45, 7) is 0. The lowest BCUT2D eigenvalue weighted by molar-refractivity contribution is -0.386. The van der Waals surface area contributed by atoms with Crippen molar-refractivity contribution in [1.82, 2.24) is 9.78 Å². The van der Waals surface area contributed by atoms with Crippen LogP contribution in [0.2, 0.25) is 0 Å². The molecule has 0 unspecified atom stereocenters. The second-order valence-electron chi connectivity index (χ2n) is 2.11. The molecule has 0 bridgehead atoms. The molecule has 0 amide bonds. The fourth-order valence-corrected chi connectivity index (χ4v) is 0.680. The first-order valence-electron chi connectivity index (χ1n) is 2.97. The third kappa shape index (κ3) is 1.11. The van der Waals surface area contributed by atoms with E-state index < -0.39 is 21.6 Å². The Morgan fingerprint density at radius 1 is 1.58 bits per heavy atom. The lowest BCUT2D eigenvalue weighted by Gasteiger charge is -1.93. The summed E-state index contributed by atoms with van der Waals surface area (Å²) in [5.74, 6) is 0. The van der Waals surface area contributed by atoms with E-state index in [-0.39, 0.29) is 0 Å². The molecule has 64 valence electrons. The number of rotatable bonds is 1. The van der Waals surface area contributed by atoms with Crippen molar-refractivity contribution in [3.63, 3.8) is 0 Å². The minimum atomic E-state index is -1.11. The normalized spacial score (nSPS) is 9.75. The molecule has 1 rings (SSSR count). The topological polar surface area (TPSA) is 98.0 Å². The highest BCUT2D eigenvalue weighted by Crippen LogP contribution is 1.95. The Morgan fingerprint density at radius 2 is 2.17 bits per heavy atom. The van der Waals surface area contributed by atoms with Crippen molar-refractivity contribution in [3.05, 3.63) is 36.9 Å². The zero-order chi connectivity index (χ0) is 9.30. The van der Waals surface area contributed by atoms with Crippen LogP contribution in [0.25, 0.3) is 0 Å². The maximum atomic E-state index is 10.8. The summed E-state index contributed by atoms with van der Waals surface area (Å²) in [7, 11) is 1.30. The quantitative estimate of drug-likeness (QED) is 0.332. The average molecular weight is 171 g/mol. The van der Waals surface area contributed by atoms with E-state index in [0.29, 0.717) is 0 Å². The first-order valence-corrected chi connectivity index (χ1v) is 2.97. The van der Waals surface area contributed by atoms with Crippen LogP contribution in [0.15, 0.2) is 15.8 Å². The van der Waals surface area contributed by atoms with E-state index in [4.69, 9.17) is 0 Å². The molecule has 0 saturated carbocycles. The summed E-state index contributed by atoms with van der Waals surface area (Å²) in [6.07, 6.45) is 0.879. The van der Waals surface area contributed by atoms with E-state index >= 15 is 0 Å². The molecule has 0 saturated heterocycles. The molecule has 0 aromatic carbocycles. The van der Waals surface area contributed by atoms with E-state index in [2.05, 4.69) is 5.10 Å². The highest BCUT2D eigenvalue weighted by Gasteiger charge is 2.14. The molecule has 0 spiro atoms. The Kier molecular flexibility index (Phi) is 1.78. The van der Waals surface area contributed by atoms with E-state index in [1.54, 1.807) is 0 Å². The second-order valence-corrected chi connectivity index (χ2v) is 2.11. The number of H-pyrrole nitrogens is 1. The number of nitro groups is 1. The maximum Gasteiger partial charge on any atom is 0.339 e. The van der Waals surface area contributed by atoms with Gasteiger partial charge in [-0.15, -0.1) is 0 Å². The Hall–Kier alpha value is -1.92. The van der Waals surface area contributed by atoms with Gasteiger partial charge in [-0.3, -0.25) is 29.5 Å². The molecule has 0 radical (unpaired) electrons. The number of hydrogen-bond donors (Lipinski definition) is 1. The van der Waals surface area contributed by atoms with E-state index in [9.17, 15) is 19.7 Å². The molecule has 1 N–H and O–H groups in total. The largest absolute Gasteiger partial charge is 0.339 e. The van der Waals surface area contributed by atoms with Gasteiger partial charge in [-0.05, 0) is 0 Å². The first-order chi connectivity index (χ1) is 5.54. The Bertz CT molecular complexity index is 429. The number of hydrogen-bond acceptors (Lipinski definition) is 4. The molecular formula is C5H5N3O4. The minimum Gasteiger partial charge on any atom is -0.296 e. The summed E-state index contributed by atoms with van der Waals surface area (Å²) >= 11 is 0. The van der Waals surface area contributed by atoms with Crippen molar-refractivity contribution in [2.75, 3.05) is 0 Å². The van der Waals surface area contributed by atoms with Crippen LogP contribution in [-0.4, -0.2) is 14.7 Å². The molecule has 7 heteroatoms. The number of nitrogens with zero attached hydrogens (tertiary/aromatic N) is 2. The molecule has 0 aliphatic rings.